The van der Waals surface area contributed by atoms with Crippen LogP contribution in [-0.2, 0) is 66.2 Å². The molecule has 298 valence electrons. The molecule has 0 aliphatic carbocycles. The number of hydrogen-bond acceptors (Lipinski definition) is 14. The first-order chi connectivity index (χ1) is 24.5. The van der Waals surface area contributed by atoms with Gasteiger partial charge in [0.2, 0.25) is 5.69 Å². The largest absolute Gasteiger partial charge is 0.748 e. The zero-order valence-electron chi connectivity index (χ0n) is 28.7. The highest BCUT2D eigenvalue weighted by molar-refractivity contribution is 7.87. The second kappa shape index (κ2) is 14.8. The number of carbonyl (C=O) groups excluding carboxylic acids is 1. The number of rotatable bonds is 16. The van der Waals surface area contributed by atoms with Crippen molar-refractivity contribution in [3.8, 4) is 5.75 Å². The molecule has 2 aliphatic rings. The standard InChI is InChI=1S/C30H36N2O17S5/c1-29(2)26(32(12-6-14-51(37,38)39)24-16-21(53(43,44)45)17-25(28(24)29)54(46,47)48)7-4-8-27-30(3,18-52(40,41)42)22-15-20(49-19-33)9-10-23(22)31(27)11-5-13-50(34,35)36/h4,7-10,15-17,19H,5-6,11-14,18H2,1-3H3,(H4-,34,35,36,37,38,39,40,41,42,43,44,45,46,47,48). The minimum Gasteiger partial charge on any atom is -0.748 e. The summed E-state index contributed by atoms with van der Waals surface area (Å²) in [5.74, 6) is -2.53. The van der Waals surface area contributed by atoms with Gasteiger partial charge in [0.05, 0.1) is 38.0 Å². The predicted molar refractivity (Wildman–Crippen MR) is 191 cm³/mol. The fraction of sp³-hybridized carbons (Fsp3) is 0.400. The molecule has 0 amide bonds. The van der Waals surface area contributed by atoms with Gasteiger partial charge in [-0.2, -0.15) is 38.2 Å². The van der Waals surface area contributed by atoms with E-state index in [0.717, 1.165) is 6.07 Å². The Bertz CT molecular complexity index is 2540. The summed E-state index contributed by atoms with van der Waals surface area (Å²) in [4.78, 5) is 10.8. The first-order valence-electron chi connectivity index (χ1n) is 15.5. The molecule has 0 fully saturated rings. The van der Waals surface area contributed by atoms with Gasteiger partial charge in [-0.05, 0) is 63.1 Å². The number of allylic oxidation sites excluding steroid dienone is 4. The minimum atomic E-state index is -5.18. The molecule has 1 unspecified atom stereocenters. The van der Waals surface area contributed by atoms with E-state index in [9.17, 15) is 69.6 Å². The van der Waals surface area contributed by atoms with E-state index < -0.39 is 88.5 Å². The number of hydrogen-bond donors (Lipinski definition) is 4. The van der Waals surface area contributed by atoms with Crippen LogP contribution in [0.25, 0.3) is 0 Å². The van der Waals surface area contributed by atoms with Crippen LogP contribution in [0.2, 0.25) is 0 Å². The average Bonchev–Trinajstić information content (AvgIpc) is 3.33. The van der Waals surface area contributed by atoms with Crippen molar-refractivity contribution in [1.29, 1.82) is 0 Å². The molecular formula is C30H36N2O17S5. The molecule has 0 saturated heterocycles. The molecule has 4 N–H and O–H groups in total. The van der Waals surface area contributed by atoms with Gasteiger partial charge in [-0.3, -0.25) is 23.0 Å². The maximum Gasteiger partial charge on any atom is 0.298 e. The molecule has 2 heterocycles. The summed E-state index contributed by atoms with van der Waals surface area (Å²) < 4.78 is 177. The second-order valence-electron chi connectivity index (χ2n) is 13.2. The Balaban J connectivity index is 2.00. The quantitative estimate of drug-likeness (QED) is 0.105. The van der Waals surface area contributed by atoms with E-state index in [1.807, 2.05) is 0 Å². The van der Waals surface area contributed by atoms with Crippen molar-refractivity contribution in [2.24, 2.45) is 0 Å². The van der Waals surface area contributed by atoms with Crippen LogP contribution >= 0.6 is 0 Å². The van der Waals surface area contributed by atoms with Crippen molar-refractivity contribution in [1.82, 2.24) is 0 Å². The van der Waals surface area contributed by atoms with Crippen LogP contribution < -0.4 is 9.64 Å². The summed E-state index contributed by atoms with van der Waals surface area (Å²) in [6, 6.07) is 5.61. The molecule has 2 aliphatic heterocycles. The highest BCUT2D eigenvalue weighted by Crippen LogP contribution is 2.50. The summed E-state index contributed by atoms with van der Waals surface area (Å²) in [5, 5.41) is 0. The molecule has 24 heteroatoms. The number of carbonyl (C=O) groups is 1. The Morgan fingerprint density at radius 3 is 2.04 bits per heavy atom. The van der Waals surface area contributed by atoms with Crippen LogP contribution in [0, 0.1) is 0 Å². The van der Waals surface area contributed by atoms with Gasteiger partial charge >= 0.3 is 0 Å². The lowest BCUT2D eigenvalue weighted by Gasteiger charge is -2.29. The lowest BCUT2D eigenvalue weighted by molar-refractivity contribution is -0.437. The van der Waals surface area contributed by atoms with E-state index in [4.69, 9.17) is 4.74 Å². The zero-order valence-corrected chi connectivity index (χ0v) is 32.8. The number of ether oxygens (including phenoxy) is 1. The predicted octanol–water partition coefficient (Wildman–Crippen LogP) is 1.41. The molecule has 0 radical (unpaired) electrons. The van der Waals surface area contributed by atoms with E-state index in [2.05, 4.69) is 0 Å². The maximum absolute atomic E-state index is 12.6. The van der Waals surface area contributed by atoms with E-state index >= 15 is 0 Å². The highest BCUT2D eigenvalue weighted by Gasteiger charge is 2.49. The van der Waals surface area contributed by atoms with Crippen LogP contribution in [0.3, 0.4) is 0 Å². The van der Waals surface area contributed by atoms with Gasteiger partial charge in [0.15, 0.2) is 5.71 Å². The minimum absolute atomic E-state index is 0.00958. The topological polar surface area (TPSA) is 307 Å². The first-order valence-corrected chi connectivity index (χ1v) is 23.2. The van der Waals surface area contributed by atoms with Gasteiger partial charge in [-0.1, -0.05) is 6.08 Å². The van der Waals surface area contributed by atoms with Gasteiger partial charge in [0, 0.05) is 42.2 Å². The number of fused-ring (bicyclic) bond motifs is 2. The molecule has 2 aromatic rings. The third kappa shape index (κ3) is 9.61. The van der Waals surface area contributed by atoms with E-state index in [1.165, 1.54) is 66.7 Å². The normalized spacial score (nSPS) is 19.8. The molecular weight excluding hydrogens is 821 g/mol. The van der Waals surface area contributed by atoms with Gasteiger partial charge in [-0.15, -0.1) is 0 Å². The lowest BCUT2D eigenvalue weighted by Crippen LogP contribution is -2.35. The van der Waals surface area contributed by atoms with E-state index in [1.54, 1.807) is 0 Å². The van der Waals surface area contributed by atoms with Crippen molar-refractivity contribution < 1.29 is 79.0 Å². The highest BCUT2D eigenvalue weighted by atomic mass is 32.2. The van der Waals surface area contributed by atoms with Gasteiger partial charge in [-0.25, -0.2) is 8.42 Å². The first kappa shape index (κ1) is 43.1. The third-order valence-electron chi connectivity index (χ3n) is 8.91. The SMILES string of the molecule is CC1(C)C(/C=C/C=C2/N(CCCS(=O)(=O)[O-])c3ccc(OC=O)cc3C2(C)CS(=O)(=O)O)=[N+](CCCS(=O)(=O)O)c2cc(S(=O)(=O)O)cc(S(=O)(=O)O)c21. The molecule has 19 nitrogen and oxygen atoms in total. The summed E-state index contributed by atoms with van der Waals surface area (Å²) in [6.45, 7) is 4.05. The molecule has 54 heavy (non-hydrogen) atoms. The van der Waals surface area contributed by atoms with Crippen molar-refractivity contribution in [3.05, 3.63) is 65.4 Å². The second-order valence-corrected chi connectivity index (χ2v) is 20.6. The summed E-state index contributed by atoms with van der Waals surface area (Å²) in [7, 11) is -24.2. The third-order valence-corrected chi connectivity index (χ3v) is 13.2. The summed E-state index contributed by atoms with van der Waals surface area (Å²) in [6.07, 6.45) is 3.55. The van der Waals surface area contributed by atoms with Crippen LogP contribution in [0.5, 0.6) is 5.75 Å². The van der Waals surface area contributed by atoms with Crippen LogP contribution in [0.4, 0.5) is 11.4 Å². The molecule has 0 saturated carbocycles. The lowest BCUT2D eigenvalue weighted by atomic mass is 9.81. The van der Waals surface area contributed by atoms with Crippen molar-refractivity contribution in [2.75, 3.05) is 35.2 Å². The molecule has 1 atom stereocenters. The van der Waals surface area contributed by atoms with E-state index in [-0.39, 0.29) is 66.4 Å². The molecule has 4 rings (SSSR count). The fourth-order valence-corrected chi connectivity index (χ4v) is 10.4. The van der Waals surface area contributed by atoms with Crippen molar-refractivity contribution in [2.45, 2.75) is 54.2 Å². The van der Waals surface area contributed by atoms with Crippen molar-refractivity contribution >= 4 is 74.1 Å². The average molecular weight is 857 g/mol. The number of anilines is 1. The van der Waals surface area contributed by atoms with Gasteiger partial charge < -0.3 is 14.2 Å². The van der Waals surface area contributed by atoms with E-state index in [0.29, 0.717) is 11.8 Å². The van der Waals surface area contributed by atoms with Crippen LogP contribution in [-0.4, -0.2) is 112 Å². The zero-order chi connectivity index (χ0) is 40.9. The van der Waals surface area contributed by atoms with Crippen LogP contribution in [0.1, 0.15) is 44.7 Å². The monoisotopic (exact) mass is 856 g/mol. The number of nitrogens with zero attached hydrogens (tertiary/aromatic N) is 2. The molecule has 2 aromatic carbocycles. The Kier molecular flexibility index (Phi) is 11.8. The smallest absolute Gasteiger partial charge is 0.298 e. The molecule has 0 aromatic heterocycles. The Hall–Kier alpha value is -3.59. The Labute approximate surface area is 312 Å². The maximum atomic E-state index is 12.6. The Morgan fingerprint density at radius 2 is 1.50 bits per heavy atom. The fourth-order valence-electron chi connectivity index (χ4n) is 6.86. The molecule has 0 spiro atoms. The van der Waals surface area contributed by atoms with Gasteiger partial charge in [0.25, 0.3) is 46.9 Å². The summed E-state index contributed by atoms with van der Waals surface area (Å²) >= 11 is 0. The van der Waals surface area contributed by atoms with Crippen molar-refractivity contribution in [3.63, 3.8) is 0 Å². The molecule has 0 bridgehead atoms. The van der Waals surface area contributed by atoms with Gasteiger partial charge in [0.1, 0.15) is 22.1 Å². The summed E-state index contributed by atoms with van der Waals surface area (Å²) in [5.41, 5.74) is -2.61. The van der Waals surface area contributed by atoms with Crippen LogP contribution in [0.15, 0.2) is 64.0 Å². The Morgan fingerprint density at radius 1 is 0.852 bits per heavy atom. The number of benzene rings is 2.